The number of nitrogens with zero attached hydrogens (tertiary/aromatic N) is 3. The summed E-state index contributed by atoms with van der Waals surface area (Å²) in [5.41, 5.74) is 3.26. The molecule has 2 aromatic rings. The van der Waals surface area contributed by atoms with Crippen LogP contribution < -0.4 is 14.8 Å². The molecule has 1 N–H and O–H groups in total. The predicted octanol–water partition coefficient (Wildman–Crippen LogP) is 6.37. The van der Waals surface area contributed by atoms with Gasteiger partial charge in [-0.15, -0.1) is 0 Å². The van der Waals surface area contributed by atoms with Crippen molar-refractivity contribution < 1.29 is 23.8 Å². The average Bonchev–Trinajstić information content (AvgIpc) is 3.48. The van der Waals surface area contributed by atoms with Crippen molar-refractivity contribution in [2.24, 2.45) is 5.10 Å². The molecular formula is C30H40N4O5S. The fourth-order valence-corrected chi connectivity index (χ4v) is 5.55. The van der Waals surface area contributed by atoms with E-state index in [9.17, 15) is 9.59 Å². The number of benzene rings is 2. The van der Waals surface area contributed by atoms with E-state index in [0.29, 0.717) is 36.1 Å². The Morgan fingerprint density at radius 3 is 2.55 bits per heavy atom. The standard InChI is InChI=1S/C30H40N4O5S/c1-4-33(5-2)17-8-18-38-29(35)31-24-14-11-22(12-15-24)20-34-30(36)40-21-26(32-34)23-13-16-27(37-3)28(19-23)39-25-9-6-7-10-25/h11-16,19,25H,4-10,17-18,20-21H2,1-3H3,(H,31,35). The first kappa shape index (κ1) is 29.7. The first-order valence-electron chi connectivity index (χ1n) is 14.1. The Hall–Kier alpha value is -3.24. The van der Waals surface area contributed by atoms with Crippen molar-refractivity contribution in [1.82, 2.24) is 9.91 Å². The Morgan fingerprint density at radius 2 is 1.85 bits per heavy atom. The molecule has 216 valence electrons. The van der Waals surface area contributed by atoms with Crippen LogP contribution in [0.5, 0.6) is 11.5 Å². The molecule has 2 aliphatic rings. The Labute approximate surface area is 241 Å². The number of hydrazone groups is 1. The molecule has 9 nitrogen and oxygen atoms in total. The number of thioether (sulfide) groups is 1. The molecule has 10 heteroatoms. The van der Waals surface area contributed by atoms with Crippen LogP contribution in [0.25, 0.3) is 0 Å². The van der Waals surface area contributed by atoms with Crippen LogP contribution in [0.4, 0.5) is 15.3 Å². The minimum atomic E-state index is -0.472. The minimum Gasteiger partial charge on any atom is -0.493 e. The maximum Gasteiger partial charge on any atom is 0.411 e. The summed E-state index contributed by atoms with van der Waals surface area (Å²) in [7, 11) is 1.64. The highest BCUT2D eigenvalue weighted by Gasteiger charge is 2.24. The molecule has 2 amide bonds. The lowest BCUT2D eigenvalue weighted by molar-refractivity contribution is 0.153. The van der Waals surface area contributed by atoms with E-state index in [1.165, 1.54) is 29.6 Å². The number of nitrogens with one attached hydrogen (secondary N) is 1. The lowest BCUT2D eigenvalue weighted by Crippen LogP contribution is -2.29. The third kappa shape index (κ3) is 8.38. The van der Waals surface area contributed by atoms with Gasteiger partial charge in [-0.2, -0.15) is 5.10 Å². The van der Waals surface area contributed by atoms with Gasteiger partial charge in [0.1, 0.15) is 0 Å². The van der Waals surface area contributed by atoms with Gasteiger partial charge in [0.25, 0.3) is 0 Å². The number of methoxy groups -OCH3 is 1. The highest BCUT2D eigenvalue weighted by atomic mass is 32.2. The Balaban J connectivity index is 1.34. The minimum absolute atomic E-state index is 0.102. The topological polar surface area (TPSA) is 92.7 Å². The average molecular weight is 569 g/mol. The summed E-state index contributed by atoms with van der Waals surface area (Å²) in [5.74, 6) is 1.91. The van der Waals surface area contributed by atoms with Crippen LogP contribution in [-0.2, 0) is 11.3 Å². The van der Waals surface area contributed by atoms with Gasteiger partial charge in [-0.25, -0.2) is 9.80 Å². The van der Waals surface area contributed by atoms with Gasteiger partial charge in [-0.05, 0) is 81.1 Å². The van der Waals surface area contributed by atoms with Gasteiger partial charge >= 0.3 is 11.3 Å². The lowest BCUT2D eigenvalue weighted by atomic mass is 10.1. The van der Waals surface area contributed by atoms with Crippen molar-refractivity contribution in [2.45, 2.75) is 58.6 Å². The molecule has 1 heterocycles. The molecule has 0 spiro atoms. The molecule has 1 saturated carbocycles. The van der Waals surface area contributed by atoms with E-state index in [1.807, 2.05) is 30.3 Å². The quantitative estimate of drug-likeness (QED) is 0.281. The van der Waals surface area contributed by atoms with Crippen LogP contribution in [0.3, 0.4) is 0 Å². The highest BCUT2D eigenvalue weighted by Crippen LogP contribution is 2.33. The number of rotatable bonds is 13. The summed E-state index contributed by atoms with van der Waals surface area (Å²) in [5, 5.41) is 8.82. The molecule has 2 aromatic carbocycles. The van der Waals surface area contributed by atoms with Crippen LogP contribution in [-0.4, -0.2) is 72.2 Å². The maximum atomic E-state index is 12.7. The van der Waals surface area contributed by atoms with E-state index in [0.717, 1.165) is 55.7 Å². The molecule has 1 fully saturated rings. The van der Waals surface area contributed by atoms with E-state index in [4.69, 9.17) is 14.2 Å². The molecule has 0 saturated heterocycles. The van der Waals surface area contributed by atoms with Crippen LogP contribution in [0, 0.1) is 0 Å². The van der Waals surface area contributed by atoms with Crippen molar-refractivity contribution in [2.75, 3.05) is 44.4 Å². The molecule has 0 atom stereocenters. The summed E-state index contributed by atoms with van der Waals surface area (Å²) >= 11 is 1.23. The van der Waals surface area contributed by atoms with Gasteiger partial charge in [0.2, 0.25) is 0 Å². The third-order valence-electron chi connectivity index (χ3n) is 7.16. The van der Waals surface area contributed by atoms with E-state index in [1.54, 1.807) is 19.2 Å². The fourth-order valence-electron chi connectivity index (χ4n) is 4.81. The zero-order valence-electron chi connectivity index (χ0n) is 23.7. The summed E-state index contributed by atoms with van der Waals surface area (Å²) in [4.78, 5) is 27.1. The van der Waals surface area contributed by atoms with Crippen LogP contribution in [0.15, 0.2) is 47.6 Å². The number of carbonyl (C=O) groups is 2. The zero-order chi connectivity index (χ0) is 28.3. The molecule has 1 aliphatic carbocycles. The molecule has 0 bridgehead atoms. The molecular weight excluding hydrogens is 528 g/mol. The number of hydrogen-bond acceptors (Lipinski definition) is 8. The predicted molar refractivity (Wildman–Crippen MR) is 160 cm³/mol. The lowest BCUT2D eigenvalue weighted by Gasteiger charge is -2.24. The molecule has 40 heavy (non-hydrogen) atoms. The van der Waals surface area contributed by atoms with E-state index in [-0.39, 0.29) is 11.3 Å². The van der Waals surface area contributed by atoms with Crippen LogP contribution in [0.1, 0.15) is 57.1 Å². The monoisotopic (exact) mass is 568 g/mol. The molecule has 4 rings (SSSR count). The molecule has 0 unspecified atom stereocenters. The second-order valence-corrected chi connectivity index (χ2v) is 10.8. The van der Waals surface area contributed by atoms with E-state index in [2.05, 4.69) is 29.2 Å². The fraction of sp³-hybridized carbons (Fsp3) is 0.500. The Morgan fingerprint density at radius 1 is 1.10 bits per heavy atom. The number of hydrogen-bond donors (Lipinski definition) is 1. The number of ether oxygens (including phenoxy) is 3. The van der Waals surface area contributed by atoms with Gasteiger partial charge in [0, 0.05) is 23.5 Å². The normalized spacial score (nSPS) is 15.8. The van der Waals surface area contributed by atoms with E-state index >= 15 is 0 Å². The van der Waals surface area contributed by atoms with Crippen molar-refractivity contribution in [3.8, 4) is 11.5 Å². The second kappa shape index (κ2) is 14.9. The highest BCUT2D eigenvalue weighted by molar-refractivity contribution is 8.14. The smallest absolute Gasteiger partial charge is 0.411 e. The number of amides is 2. The van der Waals surface area contributed by atoms with Gasteiger partial charge in [0.15, 0.2) is 11.5 Å². The summed E-state index contributed by atoms with van der Waals surface area (Å²) < 4.78 is 17.1. The summed E-state index contributed by atoms with van der Waals surface area (Å²) in [6, 6.07) is 13.2. The third-order valence-corrected chi connectivity index (χ3v) is 8.03. The number of anilines is 1. The van der Waals surface area contributed by atoms with Gasteiger partial charge in [0.05, 0.1) is 32.1 Å². The second-order valence-electron chi connectivity index (χ2n) is 9.89. The van der Waals surface area contributed by atoms with Crippen molar-refractivity contribution >= 4 is 34.5 Å². The van der Waals surface area contributed by atoms with Gasteiger partial charge in [-0.1, -0.05) is 37.7 Å². The first-order valence-corrected chi connectivity index (χ1v) is 15.1. The van der Waals surface area contributed by atoms with Crippen LogP contribution in [0.2, 0.25) is 0 Å². The summed E-state index contributed by atoms with van der Waals surface area (Å²) in [6.07, 6.45) is 5.01. The molecule has 0 aromatic heterocycles. The van der Waals surface area contributed by atoms with E-state index < -0.39 is 6.09 Å². The van der Waals surface area contributed by atoms with Crippen LogP contribution >= 0.6 is 11.8 Å². The zero-order valence-corrected chi connectivity index (χ0v) is 24.5. The molecule has 0 radical (unpaired) electrons. The Bertz CT molecular complexity index is 1160. The summed E-state index contributed by atoms with van der Waals surface area (Å²) in [6.45, 7) is 7.82. The maximum absolute atomic E-state index is 12.7. The van der Waals surface area contributed by atoms with Crippen molar-refractivity contribution in [1.29, 1.82) is 0 Å². The molecule has 1 aliphatic heterocycles. The van der Waals surface area contributed by atoms with Gasteiger partial charge < -0.3 is 19.1 Å². The SMILES string of the molecule is CCN(CC)CCCOC(=O)Nc1ccc(CN2N=C(c3ccc(OC)c(OC4CCCC4)c3)CSC2=O)cc1. The first-order chi connectivity index (χ1) is 19.5. The largest absolute Gasteiger partial charge is 0.493 e. The van der Waals surface area contributed by atoms with Crippen molar-refractivity contribution in [3.05, 3.63) is 53.6 Å². The van der Waals surface area contributed by atoms with Gasteiger partial charge in [-0.3, -0.25) is 10.1 Å². The number of carbonyl (C=O) groups excluding carboxylic acids is 2. The Kier molecular flexibility index (Phi) is 11.1. The van der Waals surface area contributed by atoms with Crippen molar-refractivity contribution in [3.63, 3.8) is 0 Å².